The van der Waals surface area contributed by atoms with E-state index in [2.05, 4.69) is 11.0 Å². The summed E-state index contributed by atoms with van der Waals surface area (Å²) in [5.74, 6) is 1.45. The second-order valence-corrected chi connectivity index (χ2v) is 5.41. The summed E-state index contributed by atoms with van der Waals surface area (Å²) in [5, 5.41) is 13.0. The minimum atomic E-state index is -0.982. The highest BCUT2D eigenvalue weighted by Crippen LogP contribution is 2.12. The van der Waals surface area contributed by atoms with Crippen molar-refractivity contribution in [2.45, 2.75) is 45.4 Å². The topological polar surface area (TPSA) is 73.6 Å². The van der Waals surface area contributed by atoms with E-state index in [1.54, 1.807) is 0 Å². The summed E-state index contributed by atoms with van der Waals surface area (Å²) >= 11 is 0. The Hall–Kier alpha value is -1.84. The van der Waals surface area contributed by atoms with Crippen LogP contribution in [0.2, 0.25) is 0 Å². The molecular weight excluding hydrogens is 272 g/mol. The van der Waals surface area contributed by atoms with Gasteiger partial charge in [-0.1, -0.05) is 5.92 Å². The Morgan fingerprint density at radius 3 is 2.95 bits per heavy atom. The van der Waals surface area contributed by atoms with Crippen LogP contribution in [0, 0.1) is 12.3 Å². The molecule has 0 bridgehead atoms. The van der Waals surface area contributed by atoms with E-state index in [1.807, 2.05) is 20.8 Å². The summed E-state index contributed by atoms with van der Waals surface area (Å²) in [5.41, 5.74) is -0.265. The van der Waals surface area contributed by atoms with Crippen LogP contribution in [0.5, 0.6) is 0 Å². The van der Waals surface area contributed by atoms with Gasteiger partial charge in [-0.25, -0.2) is 4.79 Å². The molecule has 0 aromatic carbocycles. The molecule has 1 aromatic heterocycles. The van der Waals surface area contributed by atoms with Gasteiger partial charge in [0.15, 0.2) is 0 Å². The number of carboxylic acids is 1. The molecule has 21 heavy (non-hydrogen) atoms. The molecule has 1 N–H and O–H groups in total. The number of aromatic nitrogens is 2. The quantitative estimate of drug-likeness (QED) is 0.703. The maximum atomic E-state index is 11.0. The Bertz CT molecular complexity index is 502. The first-order chi connectivity index (χ1) is 9.85. The third kappa shape index (κ3) is 5.98. The van der Waals surface area contributed by atoms with Crippen LogP contribution in [-0.4, -0.2) is 45.8 Å². The van der Waals surface area contributed by atoms with Crippen molar-refractivity contribution in [3.63, 3.8) is 0 Å². The van der Waals surface area contributed by atoms with Crippen LogP contribution in [0.1, 0.15) is 37.7 Å². The number of terminal acetylenes is 1. The van der Waals surface area contributed by atoms with Crippen molar-refractivity contribution >= 4 is 5.97 Å². The van der Waals surface area contributed by atoms with Crippen LogP contribution < -0.4 is 0 Å². The number of nitrogens with zero attached hydrogens (tertiary/aromatic N) is 2. The Morgan fingerprint density at radius 1 is 1.62 bits per heavy atom. The molecule has 1 heterocycles. The van der Waals surface area contributed by atoms with Gasteiger partial charge in [0.1, 0.15) is 12.3 Å². The third-order valence-corrected chi connectivity index (χ3v) is 2.94. The molecule has 6 heteroatoms. The summed E-state index contributed by atoms with van der Waals surface area (Å²) in [7, 11) is 0. The van der Waals surface area contributed by atoms with Gasteiger partial charge >= 0.3 is 5.97 Å². The Labute approximate surface area is 125 Å². The van der Waals surface area contributed by atoms with Gasteiger partial charge in [-0.3, -0.25) is 4.68 Å². The highest BCUT2D eigenvalue weighted by atomic mass is 16.5. The molecule has 0 saturated carbocycles. The van der Waals surface area contributed by atoms with E-state index < -0.39 is 11.6 Å². The van der Waals surface area contributed by atoms with Gasteiger partial charge < -0.3 is 14.6 Å². The molecule has 0 aliphatic rings. The molecule has 6 nitrogen and oxygen atoms in total. The van der Waals surface area contributed by atoms with Gasteiger partial charge in [-0.15, -0.1) is 6.42 Å². The molecule has 0 spiro atoms. The van der Waals surface area contributed by atoms with Crippen molar-refractivity contribution in [3.8, 4) is 12.3 Å². The molecule has 116 valence electrons. The number of carbonyl (C=O) groups is 1. The maximum absolute atomic E-state index is 11.0. The predicted molar refractivity (Wildman–Crippen MR) is 78.1 cm³/mol. The molecule has 0 radical (unpaired) electrons. The van der Waals surface area contributed by atoms with Gasteiger partial charge in [0.25, 0.3) is 0 Å². The average Bonchev–Trinajstić information content (AvgIpc) is 2.89. The van der Waals surface area contributed by atoms with E-state index in [4.69, 9.17) is 21.0 Å². The summed E-state index contributed by atoms with van der Waals surface area (Å²) in [6.07, 6.45) is 7.26. The zero-order valence-electron chi connectivity index (χ0n) is 12.7. The first-order valence-electron chi connectivity index (χ1n) is 6.80. The van der Waals surface area contributed by atoms with Crippen molar-refractivity contribution in [3.05, 3.63) is 18.0 Å². The van der Waals surface area contributed by atoms with Crippen LogP contribution in [0.15, 0.2) is 12.3 Å². The summed E-state index contributed by atoms with van der Waals surface area (Å²) < 4.78 is 12.7. The second-order valence-electron chi connectivity index (χ2n) is 5.41. The number of hydrogen-bond acceptors (Lipinski definition) is 4. The van der Waals surface area contributed by atoms with Gasteiger partial charge in [0.05, 0.1) is 18.3 Å². The fourth-order valence-corrected chi connectivity index (χ4v) is 1.70. The van der Waals surface area contributed by atoms with Crippen LogP contribution in [0.3, 0.4) is 0 Å². The minimum Gasteiger partial charge on any atom is -0.477 e. The number of aryl methyl sites for hydroxylation is 1. The van der Waals surface area contributed by atoms with Gasteiger partial charge in [-0.05, 0) is 33.3 Å². The van der Waals surface area contributed by atoms with Gasteiger partial charge in [-0.2, -0.15) is 5.10 Å². The van der Waals surface area contributed by atoms with Crippen molar-refractivity contribution in [2.75, 3.05) is 13.2 Å². The fraction of sp³-hybridized carbons (Fsp3) is 0.600. The zero-order valence-corrected chi connectivity index (χ0v) is 12.7. The van der Waals surface area contributed by atoms with Crippen molar-refractivity contribution in [1.29, 1.82) is 0 Å². The molecule has 1 rings (SSSR count). The van der Waals surface area contributed by atoms with E-state index in [1.165, 1.54) is 16.9 Å². The van der Waals surface area contributed by atoms with E-state index in [-0.39, 0.29) is 18.4 Å². The van der Waals surface area contributed by atoms with Crippen LogP contribution in [-0.2, 0) is 16.0 Å². The fourth-order valence-electron chi connectivity index (χ4n) is 1.70. The molecule has 1 atom stereocenters. The first kappa shape index (κ1) is 17.2. The number of aromatic carboxylic acids is 1. The summed E-state index contributed by atoms with van der Waals surface area (Å²) in [6, 6.07) is 1.48. The normalized spacial score (nSPS) is 12.9. The minimum absolute atomic E-state index is 0.0374. The lowest BCUT2D eigenvalue weighted by molar-refractivity contribution is -0.0830. The van der Waals surface area contributed by atoms with Crippen molar-refractivity contribution in [2.24, 2.45) is 0 Å². The number of rotatable bonds is 9. The largest absolute Gasteiger partial charge is 0.477 e. The lowest BCUT2D eigenvalue weighted by atomic mass is 10.1. The number of carboxylic acid groups (broad SMARTS) is 1. The number of hydrogen-bond donors (Lipinski definition) is 1. The molecule has 0 amide bonds. The monoisotopic (exact) mass is 294 g/mol. The molecule has 1 aromatic rings. The van der Waals surface area contributed by atoms with Crippen LogP contribution >= 0.6 is 0 Å². The Morgan fingerprint density at radius 2 is 2.33 bits per heavy atom. The lowest BCUT2D eigenvalue weighted by Crippen LogP contribution is -2.33. The molecular formula is C15H22N2O4. The number of ether oxygens (including phenoxy) is 2. The zero-order chi connectivity index (χ0) is 15.9. The SMILES string of the molecule is C#CCOC(C)(C)COC(C)CCn1nccc1C(=O)O. The second kappa shape index (κ2) is 7.81. The molecule has 0 aliphatic carbocycles. The molecule has 0 aliphatic heterocycles. The highest BCUT2D eigenvalue weighted by Gasteiger charge is 2.20. The van der Waals surface area contributed by atoms with Gasteiger partial charge in [0, 0.05) is 12.7 Å². The third-order valence-electron chi connectivity index (χ3n) is 2.94. The van der Waals surface area contributed by atoms with Crippen LogP contribution in [0.25, 0.3) is 0 Å². The highest BCUT2D eigenvalue weighted by molar-refractivity contribution is 5.85. The Kier molecular flexibility index (Phi) is 6.40. The summed E-state index contributed by atoms with van der Waals surface area (Å²) in [4.78, 5) is 11.0. The summed E-state index contributed by atoms with van der Waals surface area (Å²) in [6.45, 7) is 6.91. The Balaban J connectivity index is 2.37. The average molecular weight is 294 g/mol. The van der Waals surface area contributed by atoms with Gasteiger partial charge in [0.2, 0.25) is 0 Å². The van der Waals surface area contributed by atoms with E-state index in [9.17, 15) is 4.79 Å². The van der Waals surface area contributed by atoms with E-state index >= 15 is 0 Å². The van der Waals surface area contributed by atoms with E-state index in [0.717, 1.165) is 0 Å². The standard InChI is InChI=1S/C15H22N2O4/c1-5-10-21-15(3,4)11-20-12(2)7-9-17-13(14(18)19)6-8-16-17/h1,6,8,12H,7,9-11H2,2-4H3,(H,18,19). The predicted octanol–water partition coefficient (Wildman–Crippen LogP) is 1.80. The van der Waals surface area contributed by atoms with Crippen molar-refractivity contribution < 1.29 is 19.4 Å². The van der Waals surface area contributed by atoms with Crippen molar-refractivity contribution in [1.82, 2.24) is 9.78 Å². The maximum Gasteiger partial charge on any atom is 0.354 e. The smallest absolute Gasteiger partial charge is 0.354 e. The molecule has 1 unspecified atom stereocenters. The van der Waals surface area contributed by atoms with Crippen LogP contribution in [0.4, 0.5) is 0 Å². The first-order valence-corrected chi connectivity index (χ1v) is 6.80. The molecule has 0 saturated heterocycles. The van der Waals surface area contributed by atoms with E-state index in [0.29, 0.717) is 19.6 Å². The lowest BCUT2D eigenvalue weighted by Gasteiger charge is -2.26. The molecule has 0 fully saturated rings.